The van der Waals surface area contributed by atoms with Crippen LogP contribution in [0.4, 0.5) is 0 Å². The first-order valence-corrected chi connectivity index (χ1v) is 10.7. The van der Waals surface area contributed by atoms with Crippen LogP contribution in [0.5, 0.6) is 17.2 Å². The molecule has 7 heteroatoms. The lowest BCUT2D eigenvalue weighted by Crippen LogP contribution is -2.30. The van der Waals surface area contributed by atoms with E-state index in [4.69, 9.17) is 14.2 Å². The SMILES string of the molecule is COc1ccc(OCCN(C)C(=O)c2ccc(OCc3cn4cc(C)ccc4n3)cc2)cc1. The molecule has 7 nitrogen and oxygen atoms in total. The van der Waals surface area contributed by atoms with Gasteiger partial charge in [0.25, 0.3) is 5.91 Å². The number of carbonyl (C=O) groups is 1. The van der Waals surface area contributed by atoms with E-state index in [1.807, 2.05) is 60.1 Å². The number of hydrogen-bond acceptors (Lipinski definition) is 5. The first kappa shape index (κ1) is 22.2. The second kappa shape index (κ2) is 10.1. The number of amides is 1. The van der Waals surface area contributed by atoms with E-state index in [0.29, 0.717) is 31.1 Å². The van der Waals surface area contributed by atoms with E-state index in [0.717, 1.165) is 22.8 Å². The maximum Gasteiger partial charge on any atom is 0.253 e. The Morgan fingerprint density at radius 3 is 2.30 bits per heavy atom. The second-order valence-electron chi connectivity index (χ2n) is 7.77. The van der Waals surface area contributed by atoms with Crippen LogP contribution in [0.25, 0.3) is 5.65 Å². The maximum atomic E-state index is 12.7. The number of carbonyl (C=O) groups excluding carboxylic acids is 1. The van der Waals surface area contributed by atoms with Crippen molar-refractivity contribution in [2.75, 3.05) is 27.3 Å². The molecule has 0 radical (unpaired) electrons. The molecule has 2 aromatic carbocycles. The number of pyridine rings is 1. The van der Waals surface area contributed by atoms with Crippen molar-refractivity contribution in [3.05, 3.63) is 89.9 Å². The number of methoxy groups -OCH3 is 1. The molecule has 0 N–H and O–H groups in total. The third-order valence-corrected chi connectivity index (χ3v) is 5.24. The van der Waals surface area contributed by atoms with Gasteiger partial charge in [0.1, 0.15) is 36.1 Å². The quantitative estimate of drug-likeness (QED) is 0.383. The van der Waals surface area contributed by atoms with Crippen LogP contribution in [0.15, 0.2) is 73.1 Å². The molecule has 4 aromatic rings. The van der Waals surface area contributed by atoms with Gasteiger partial charge in [-0.05, 0) is 67.1 Å². The molecule has 0 bridgehead atoms. The molecule has 0 unspecified atom stereocenters. The molecule has 4 rings (SSSR count). The Morgan fingerprint density at radius 1 is 0.909 bits per heavy atom. The zero-order chi connectivity index (χ0) is 23.2. The first-order valence-electron chi connectivity index (χ1n) is 10.7. The van der Waals surface area contributed by atoms with Crippen molar-refractivity contribution in [2.45, 2.75) is 13.5 Å². The van der Waals surface area contributed by atoms with Gasteiger partial charge < -0.3 is 23.5 Å². The summed E-state index contributed by atoms with van der Waals surface area (Å²) in [5.74, 6) is 2.12. The molecule has 0 aliphatic carbocycles. The van der Waals surface area contributed by atoms with Gasteiger partial charge in [0.05, 0.1) is 19.3 Å². The van der Waals surface area contributed by atoms with Gasteiger partial charge in [-0.1, -0.05) is 6.07 Å². The molecular formula is C26H27N3O4. The Bertz CT molecular complexity index is 1220. The molecule has 0 spiro atoms. The molecule has 2 heterocycles. The standard InChI is InChI=1S/C26H27N3O4/c1-19-4-13-25-27-21(17-29(25)16-19)18-33-24-7-5-20(6-8-24)26(30)28(2)14-15-32-23-11-9-22(31-3)10-12-23/h4-13,16-17H,14-15,18H2,1-3H3. The summed E-state index contributed by atoms with van der Waals surface area (Å²) < 4.78 is 18.7. The Hall–Kier alpha value is -4.00. The Balaban J connectivity index is 1.26. The van der Waals surface area contributed by atoms with Gasteiger partial charge in [0.15, 0.2) is 0 Å². The minimum absolute atomic E-state index is 0.0735. The summed E-state index contributed by atoms with van der Waals surface area (Å²) in [7, 11) is 3.38. The predicted octanol–water partition coefficient (Wildman–Crippen LogP) is 4.38. The smallest absolute Gasteiger partial charge is 0.253 e. The fourth-order valence-corrected chi connectivity index (χ4v) is 3.37. The number of likely N-dealkylation sites (N-methyl/N-ethyl adjacent to an activating group) is 1. The van der Waals surface area contributed by atoms with Gasteiger partial charge in [-0.2, -0.15) is 0 Å². The minimum Gasteiger partial charge on any atom is -0.497 e. The summed E-state index contributed by atoms with van der Waals surface area (Å²) in [6, 6.07) is 18.5. The highest BCUT2D eigenvalue weighted by Gasteiger charge is 2.12. The van der Waals surface area contributed by atoms with Crippen molar-refractivity contribution < 1.29 is 19.0 Å². The first-order chi connectivity index (χ1) is 16.0. The molecule has 0 saturated heterocycles. The predicted molar refractivity (Wildman–Crippen MR) is 126 cm³/mol. The van der Waals surface area contributed by atoms with E-state index in [1.165, 1.54) is 5.56 Å². The molecule has 0 fully saturated rings. The Kier molecular flexibility index (Phi) is 6.78. The highest BCUT2D eigenvalue weighted by atomic mass is 16.5. The van der Waals surface area contributed by atoms with Gasteiger partial charge in [-0.15, -0.1) is 0 Å². The normalized spacial score (nSPS) is 10.8. The second-order valence-corrected chi connectivity index (χ2v) is 7.77. The molecule has 2 aromatic heterocycles. The van der Waals surface area contributed by atoms with Crippen molar-refractivity contribution in [3.8, 4) is 17.2 Å². The number of nitrogens with zero attached hydrogens (tertiary/aromatic N) is 3. The van der Waals surface area contributed by atoms with E-state index >= 15 is 0 Å². The molecule has 1 amide bonds. The lowest BCUT2D eigenvalue weighted by molar-refractivity contribution is 0.0773. The summed E-state index contributed by atoms with van der Waals surface area (Å²) in [6.07, 6.45) is 3.99. The Labute approximate surface area is 193 Å². The fraction of sp³-hybridized carbons (Fsp3) is 0.231. The number of benzene rings is 2. The highest BCUT2D eigenvalue weighted by molar-refractivity contribution is 5.94. The summed E-state index contributed by atoms with van der Waals surface area (Å²) in [5.41, 5.74) is 3.50. The molecule has 33 heavy (non-hydrogen) atoms. The van der Waals surface area contributed by atoms with Crippen molar-refractivity contribution in [1.82, 2.24) is 14.3 Å². The summed E-state index contributed by atoms with van der Waals surface area (Å²) in [4.78, 5) is 18.9. The van der Waals surface area contributed by atoms with Crippen LogP contribution in [0.2, 0.25) is 0 Å². The molecule has 0 saturated carbocycles. The Morgan fingerprint density at radius 2 is 1.58 bits per heavy atom. The van der Waals surface area contributed by atoms with Gasteiger partial charge in [0, 0.05) is 25.0 Å². The lowest BCUT2D eigenvalue weighted by Gasteiger charge is -2.18. The van der Waals surface area contributed by atoms with Gasteiger partial charge >= 0.3 is 0 Å². The monoisotopic (exact) mass is 445 g/mol. The third-order valence-electron chi connectivity index (χ3n) is 5.24. The molecule has 170 valence electrons. The summed E-state index contributed by atoms with van der Waals surface area (Å²) >= 11 is 0. The number of hydrogen-bond donors (Lipinski definition) is 0. The van der Waals surface area contributed by atoms with E-state index in [9.17, 15) is 4.79 Å². The summed E-state index contributed by atoms with van der Waals surface area (Å²) in [6.45, 7) is 3.27. The number of aromatic nitrogens is 2. The van der Waals surface area contributed by atoms with E-state index < -0.39 is 0 Å². The molecular weight excluding hydrogens is 418 g/mol. The minimum atomic E-state index is -0.0735. The van der Waals surface area contributed by atoms with E-state index in [1.54, 1.807) is 43.3 Å². The van der Waals surface area contributed by atoms with Crippen LogP contribution in [0.1, 0.15) is 21.6 Å². The van der Waals surface area contributed by atoms with Gasteiger partial charge in [-0.25, -0.2) is 4.98 Å². The molecule has 0 aliphatic rings. The average Bonchev–Trinajstić information content (AvgIpc) is 3.25. The van der Waals surface area contributed by atoms with Crippen molar-refractivity contribution in [1.29, 1.82) is 0 Å². The zero-order valence-corrected chi connectivity index (χ0v) is 19.0. The van der Waals surface area contributed by atoms with Crippen LogP contribution >= 0.6 is 0 Å². The average molecular weight is 446 g/mol. The maximum absolute atomic E-state index is 12.7. The van der Waals surface area contributed by atoms with Crippen LogP contribution in [0, 0.1) is 6.92 Å². The largest absolute Gasteiger partial charge is 0.497 e. The topological polar surface area (TPSA) is 65.3 Å². The number of ether oxygens (including phenoxy) is 3. The lowest BCUT2D eigenvalue weighted by atomic mass is 10.2. The molecule has 0 atom stereocenters. The number of imidazole rings is 1. The van der Waals surface area contributed by atoms with Crippen LogP contribution in [-0.4, -0.2) is 47.5 Å². The zero-order valence-electron chi connectivity index (χ0n) is 19.0. The fourth-order valence-electron chi connectivity index (χ4n) is 3.37. The number of fused-ring (bicyclic) bond motifs is 1. The number of aryl methyl sites for hydroxylation is 1. The number of rotatable bonds is 9. The highest BCUT2D eigenvalue weighted by Crippen LogP contribution is 2.18. The van der Waals surface area contributed by atoms with Crippen LogP contribution in [0.3, 0.4) is 0 Å². The van der Waals surface area contributed by atoms with Crippen LogP contribution in [-0.2, 0) is 6.61 Å². The van der Waals surface area contributed by atoms with Crippen molar-refractivity contribution in [2.24, 2.45) is 0 Å². The van der Waals surface area contributed by atoms with Crippen molar-refractivity contribution in [3.63, 3.8) is 0 Å². The summed E-state index contributed by atoms with van der Waals surface area (Å²) in [5, 5.41) is 0. The van der Waals surface area contributed by atoms with Crippen molar-refractivity contribution >= 4 is 11.6 Å². The van der Waals surface area contributed by atoms with E-state index in [2.05, 4.69) is 4.98 Å². The third kappa shape index (κ3) is 5.63. The van der Waals surface area contributed by atoms with Crippen LogP contribution < -0.4 is 14.2 Å². The van der Waals surface area contributed by atoms with Gasteiger partial charge in [0.2, 0.25) is 0 Å². The van der Waals surface area contributed by atoms with Gasteiger partial charge in [-0.3, -0.25) is 4.79 Å². The van der Waals surface area contributed by atoms with E-state index in [-0.39, 0.29) is 5.91 Å². The molecule has 0 aliphatic heterocycles.